The molecule has 0 N–H and O–H groups in total. The highest BCUT2D eigenvalue weighted by molar-refractivity contribution is 5.86. The molecule has 4 heteroatoms. The van der Waals surface area contributed by atoms with E-state index in [-0.39, 0.29) is 18.2 Å². The van der Waals surface area contributed by atoms with Gasteiger partial charge in [0.2, 0.25) is 0 Å². The third-order valence-corrected chi connectivity index (χ3v) is 3.63. The minimum Gasteiger partial charge on any atom is -0.457 e. The van der Waals surface area contributed by atoms with E-state index in [0.29, 0.717) is 18.4 Å². The molecule has 19 heavy (non-hydrogen) atoms. The van der Waals surface area contributed by atoms with Crippen LogP contribution >= 0.6 is 0 Å². The van der Waals surface area contributed by atoms with Crippen molar-refractivity contribution in [2.45, 2.75) is 38.0 Å². The minimum absolute atomic E-state index is 0.194. The van der Waals surface area contributed by atoms with Crippen LogP contribution in [0.5, 0.6) is 0 Å². The second-order valence-corrected chi connectivity index (χ2v) is 5.08. The van der Waals surface area contributed by atoms with E-state index in [9.17, 15) is 14.0 Å². The summed E-state index contributed by atoms with van der Waals surface area (Å²) in [5.74, 6) is -0.963. The lowest BCUT2D eigenvalue weighted by Crippen LogP contribution is -2.35. The minimum atomic E-state index is -0.780. The SMILES string of the molecule is CC(=O)COC(=O)C1(c2cccc(F)c2)CCCC1. The zero-order valence-electron chi connectivity index (χ0n) is 10.9. The Bertz CT molecular complexity index is 490. The molecule has 0 amide bonds. The zero-order chi connectivity index (χ0) is 13.9. The summed E-state index contributed by atoms with van der Waals surface area (Å²) >= 11 is 0. The Morgan fingerprint density at radius 3 is 2.58 bits per heavy atom. The molecule has 0 aliphatic heterocycles. The molecule has 3 nitrogen and oxygen atoms in total. The van der Waals surface area contributed by atoms with Gasteiger partial charge >= 0.3 is 5.97 Å². The molecule has 102 valence electrons. The van der Waals surface area contributed by atoms with Crippen LogP contribution in [-0.2, 0) is 19.7 Å². The van der Waals surface area contributed by atoms with Gasteiger partial charge in [-0.1, -0.05) is 25.0 Å². The first kappa shape index (κ1) is 13.7. The van der Waals surface area contributed by atoms with Crippen LogP contribution in [-0.4, -0.2) is 18.4 Å². The molecule has 0 atom stereocenters. The van der Waals surface area contributed by atoms with E-state index in [1.165, 1.54) is 19.1 Å². The van der Waals surface area contributed by atoms with E-state index < -0.39 is 11.4 Å². The van der Waals surface area contributed by atoms with Crippen LogP contribution in [0.3, 0.4) is 0 Å². The Balaban J connectivity index is 2.27. The molecule has 1 aliphatic carbocycles. The Morgan fingerprint density at radius 1 is 1.32 bits per heavy atom. The number of benzene rings is 1. The largest absolute Gasteiger partial charge is 0.457 e. The van der Waals surface area contributed by atoms with Gasteiger partial charge in [-0.15, -0.1) is 0 Å². The molecular weight excluding hydrogens is 247 g/mol. The summed E-state index contributed by atoms with van der Waals surface area (Å²) in [4.78, 5) is 23.2. The average molecular weight is 264 g/mol. The van der Waals surface area contributed by atoms with Gasteiger partial charge in [0.15, 0.2) is 5.78 Å². The fourth-order valence-corrected chi connectivity index (χ4v) is 2.68. The molecule has 2 rings (SSSR count). The predicted molar refractivity (Wildman–Crippen MR) is 68.2 cm³/mol. The molecule has 0 bridgehead atoms. The van der Waals surface area contributed by atoms with Crippen LogP contribution in [0, 0.1) is 5.82 Å². The van der Waals surface area contributed by atoms with Crippen molar-refractivity contribution in [1.29, 1.82) is 0 Å². The molecular formula is C15H17FO3. The van der Waals surface area contributed by atoms with E-state index in [2.05, 4.69) is 0 Å². The van der Waals surface area contributed by atoms with E-state index in [4.69, 9.17) is 4.74 Å². The Labute approximate surface area is 111 Å². The van der Waals surface area contributed by atoms with Crippen molar-refractivity contribution in [3.63, 3.8) is 0 Å². The lowest BCUT2D eigenvalue weighted by atomic mass is 9.79. The van der Waals surface area contributed by atoms with E-state index in [1.807, 2.05) is 0 Å². The maximum Gasteiger partial charge on any atom is 0.316 e. The molecule has 0 heterocycles. The molecule has 1 aliphatic rings. The predicted octanol–water partition coefficient (Wildman–Crippen LogP) is 2.77. The molecule has 1 aromatic rings. The number of ether oxygens (including phenoxy) is 1. The number of halogens is 1. The maximum atomic E-state index is 13.4. The first-order valence-corrected chi connectivity index (χ1v) is 6.47. The lowest BCUT2D eigenvalue weighted by molar-refractivity contribution is -0.153. The third kappa shape index (κ3) is 2.83. The zero-order valence-corrected chi connectivity index (χ0v) is 10.9. The van der Waals surface area contributed by atoms with Gasteiger partial charge in [0, 0.05) is 0 Å². The molecule has 0 radical (unpaired) electrons. The van der Waals surface area contributed by atoms with Gasteiger partial charge in [-0.25, -0.2) is 4.39 Å². The van der Waals surface area contributed by atoms with Crippen molar-refractivity contribution in [3.8, 4) is 0 Å². The standard InChI is InChI=1S/C15H17FO3/c1-11(17)10-19-14(18)15(7-2-3-8-15)12-5-4-6-13(16)9-12/h4-6,9H,2-3,7-8,10H2,1H3. The van der Waals surface area contributed by atoms with Gasteiger partial charge in [0.05, 0.1) is 5.41 Å². The summed E-state index contributed by atoms with van der Waals surface area (Å²) in [6.45, 7) is 1.16. The fraction of sp³-hybridized carbons (Fsp3) is 0.467. The van der Waals surface area contributed by atoms with Crippen molar-refractivity contribution in [2.24, 2.45) is 0 Å². The van der Waals surface area contributed by atoms with Gasteiger partial charge < -0.3 is 4.74 Å². The third-order valence-electron chi connectivity index (χ3n) is 3.63. The van der Waals surface area contributed by atoms with Gasteiger partial charge in [-0.05, 0) is 37.5 Å². The number of Topliss-reactive ketones (excluding diaryl/α,β-unsaturated/α-hetero) is 1. The topological polar surface area (TPSA) is 43.4 Å². The van der Waals surface area contributed by atoms with Gasteiger partial charge in [0.25, 0.3) is 0 Å². The van der Waals surface area contributed by atoms with Gasteiger partial charge in [-0.2, -0.15) is 0 Å². The highest BCUT2D eigenvalue weighted by Crippen LogP contribution is 2.42. The first-order valence-electron chi connectivity index (χ1n) is 6.47. The van der Waals surface area contributed by atoms with Gasteiger partial charge in [0.1, 0.15) is 12.4 Å². The van der Waals surface area contributed by atoms with Crippen molar-refractivity contribution >= 4 is 11.8 Å². The van der Waals surface area contributed by atoms with Crippen molar-refractivity contribution < 1.29 is 18.7 Å². The van der Waals surface area contributed by atoms with E-state index >= 15 is 0 Å². The summed E-state index contributed by atoms with van der Waals surface area (Å²) in [6, 6.07) is 6.10. The molecule has 1 saturated carbocycles. The maximum absolute atomic E-state index is 13.4. The molecule has 0 saturated heterocycles. The second kappa shape index (κ2) is 5.51. The number of rotatable bonds is 4. The van der Waals surface area contributed by atoms with Crippen LogP contribution in [0.1, 0.15) is 38.2 Å². The first-order chi connectivity index (χ1) is 9.04. The number of hydrogen-bond acceptors (Lipinski definition) is 3. The van der Waals surface area contributed by atoms with Crippen LogP contribution in [0.2, 0.25) is 0 Å². The quantitative estimate of drug-likeness (QED) is 0.785. The highest BCUT2D eigenvalue weighted by Gasteiger charge is 2.44. The Morgan fingerprint density at radius 2 is 2.00 bits per heavy atom. The molecule has 0 spiro atoms. The molecule has 1 aromatic carbocycles. The van der Waals surface area contributed by atoms with Crippen LogP contribution in [0.15, 0.2) is 24.3 Å². The number of ketones is 1. The van der Waals surface area contributed by atoms with Crippen molar-refractivity contribution in [2.75, 3.05) is 6.61 Å². The lowest BCUT2D eigenvalue weighted by Gasteiger charge is -2.27. The van der Waals surface area contributed by atoms with Crippen LogP contribution < -0.4 is 0 Å². The van der Waals surface area contributed by atoms with Crippen molar-refractivity contribution in [1.82, 2.24) is 0 Å². The summed E-state index contributed by atoms with van der Waals surface area (Å²) in [5.41, 5.74) is -0.129. The Hall–Kier alpha value is -1.71. The number of carbonyl (C=O) groups excluding carboxylic acids is 2. The van der Waals surface area contributed by atoms with Crippen molar-refractivity contribution in [3.05, 3.63) is 35.6 Å². The second-order valence-electron chi connectivity index (χ2n) is 5.08. The number of esters is 1. The van der Waals surface area contributed by atoms with Crippen LogP contribution in [0.25, 0.3) is 0 Å². The fourth-order valence-electron chi connectivity index (χ4n) is 2.68. The smallest absolute Gasteiger partial charge is 0.316 e. The average Bonchev–Trinajstić information content (AvgIpc) is 2.86. The highest BCUT2D eigenvalue weighted by atomic mass is 19.1. The Kier molecular flexibility index (Phi) is 3.98. The van der Waals surface area contributed by atoms with Gasteiger partial charge in [-0.3, -0.25) is 9.59 Å². The molecule has 1 fully saturated rings. The van der Waals surface area contributed by atoms with E-state index in [0.717, 1.165) is 12.8 Å². The monoisotopic (exact) mass is 264 g/mol. The molecule has 0 aromatic heterocycles. The summed E-state index contributed by atoms with van der Waals surface area (Å²) in [7, 11) is 0. The number of carbonyl (C=O) groups is 2. The van der Waals surface area contributed by atoms with E-state index in [1.54, 1.807) is 12.1 Å². The number of hydrogen-bond donors (Lipinski definition) is 0. The molecule has 0 unspecified atom stereocenters. The summed E-state index contributed by atoms with van der Waals surface area (Å²) in [5, 5.41) is 0. The normalized spacial score (nSPS) is 17.2. The summed E-state index contributed by atoms with van der Waals surface area (Å²) in [6.07, 6.45) is 3.11. The van der Waals surface area contributed by atoms with Crippen LogP contribution in [0.4, 0.5) is 4.39 Å². The summed E-state index contributed by atoms with van der Waals surface area (Å²) < 4.78 is 18.4.